The van der Waals surface area contributed by atoms with Gasteiger partial charge in [-0.05, 0) is 59.4 Å². The molecule has 2 aromatic carbocycles. The normalized spacial score (nSPS) is 13.5. The number of benzene rings is 2. The molecule has 0 aliphatic carbocycles. The second kappa shape index (κ2) is 9.77. The van der Waals surface area contributed by atoms with E-state index in [1.165, 1.54) is 38.3 Å². The molecule has 0 fully saturated rings. The average molecular weight is 343 g/mol. The molecule has 0 nitrogen and oxygen atoms in total. The maximum absolute atomic E-state index is 4.03. The summed E-state index contributed by atoms with van der Waals surface area (Å²) in [6.45, 7) is 14.5. The van der Waals surface area contributed by atoms with Crippen molar-refractivity contribution in [3.63, 3.8) is 0 Å². The zero-order chi connectivity index (χ0) is 18.9. The SMILES string of the molecule is C=C/C=c1/cccc/c1=C/Cc1ccc(/C(C=C)=C(\C)CCC)c(C)c1. The lowest BCUT2D eigenvalue weighted by atomic mass is 9.93. The van der Waals surface area contributed by atoms with Crippen LogP contribution in [-0.2, 0) is 6.42 Å². The summed E-state index contributed by atoms with van der Waals surface area (Å²) in [6.07, 6.45) is 11.4. The quantitative estimate of drug-likeness (QED) is 0.563. The summed E-state index contributed by atoms with van der Waals surface area (Å²) in [5, 5.41) is 2.46. The van der Waals surface area contributed by atoms with Crippen LogP contribution >= 0.6 is 0 Å². The Labute approximate surface area is 158 Å². The Morgan fingerprint density at radius 3 is 2.38 bits per heavy atom. The van der Waals surface area contributed by atoms with Gasteiger partial charge in [0.1, 0.15) is 0 Å². The Balaban J connectivity index is 2.35. The first-order valence-corrected chi connectivity index (χ1v) is 9.40. The summed E-state index contributed by atoms with van der Waals surface area (Å²) in [4.78, 5) is 0. The Hall–Kier alpha value is -2.60. The maximum atomic E-state index is 4.03. The first-order valence-electron chi connectivity index (χ1n) is 9.40. The summed E-state index contributed by atoms with van der Waals surface area (Å²) in [7, 11) is 0. The van der Waals surface area contributed by atoms with Crippen molar-refractivity contribution in [1.29, 1.82) is 0 Å². The van der Waals surface area contributed by atoms with Crippen molar-refractivity contribution >= 4 is 17.7 Å². The highest BCUT2D eigenvalue weighted by Gasteiger charge is 2.06. The summed E-state index contributed by atoms with van der Waals surface area (Å²) in [5.41, 5.74) is 6.64. The Morgan fingerprint density at radius 2 is 1.77 bits per heavy atom. The van der Waals surface area contributed by atoms with Gasteiger partial charge in [0.15, 0.2) is 0 Å². The fraction of sp³-hybridized carbons (Fsp3) is 0.231. The third-order valence-corrected chi connectivity index (χ3v) is 4.72. The van der Waals surface area contributed by atoms with Gasteiger partial charge in [-0.3, -0.25) is 0 Å². The Kier molecular flexibility index (Phi) is 7.41. The third kappa shape index (κ3) is 4.95. The van der Waals surface area contributed by atoms with Gasteiger partial charge in [-0.15, -0.1) is 0 Å². The second-order valence-corrected chi connectivity index (χ2v) is 6.74. The number of rotatable bonds is 7. The summed E-state index contributed by atoms with van der Waals surface area (Å²) in [6, 6.07) is 15.2. The molecule has 134 valence electrons. The smallest absolute Gasteiger partial charge is 0.00881 e. The lowest BCUT2D eigenvalue weighted by molar-refractivity contribution is 0.908. The number of hydrogen-bond acceptors (Lipinski definition) is 0. The molecule has 0 aliphatic rings. The van der Waals surface area contributed by atoms with E-state index >= 15 is 0 Å². The highest BCUT2D eigenvalue weighted by atomic mass is 14.1. The van der Waals surface area contributed by atoms with Crippen LogP contribution in [0.4, 0.5) is 0 Å². The Morgan fingerprint density at radius 1 is 1.04 bits per heavy atom. The largest absolute Gasteiger partial charge is 0.0990 e. The summed E-state index contributed by atoms with van der Waals surface area (Å²) in [5.74, 6) is 0. The van der Waals surface area contributed by atoms with Gasteiger partial charge in [0.2, 0.25) is 0 Å². The van der Waals surface area contributed by atoms with Crippen LogP contribution in [0, 0.1) is 6.92 Å². The Bertz CT molecular complexity index is 923. The molecular weight excluding hydrogens is 312 g/mol. The van der Waals surface area contributed by atoms with Crippen molar-refractivity contribution in [2.45, 2.75) is 40.0 Å². The molecule has 0 heteroatoms. The van der Waals surface area contributed by atoms with Crippen LogP contribution in [0.5, 0.6) is 0 Å². The molecule has 26 heavy (non-hydrogen) atoms. The van der Waals surface area contributed by atoms with Crippen LogP contribution < -0.4 is 10.4 Å². The van der Waals surface area contributed by atoms with E-state index < -0.39 is 0 Å². The van der Waals surface area contributed by atoms with Gasteiger partial charge in [0, 0.05) is 0 Å². The molecule has 0 amide bonds. The van der Waals surface area contributed by atoms with Crippen molar-refractivity contribution in [1.82, 2.24) is 0 Å². The first kappa shape index (κ1) is 19.7. The molecule has 0 aliphatic heterocycles. The zero-order valence-corrected chi connectivity index (χ0v) is 16.4. The van der Waals surface area contributed by atoms with Gasteiger partial charge in [-0.2, -0.15) is 0 Å². The standard InChI is InChI=1S/C26H30/c1-6-11-20(4)25(8-3)26-18-16-22(19-21(26)5)15-17-24-14-10-9-13-23(24)12-7-2/h7-10,12-14,16-19H,2-3,6,11,15H2,1,4-5H3/b23-12-,24-17-,25-20+. The van der Waals surface area contributed by atoms with Crippen molar-refractivity contribution < 1.29 is 0 Å². The molecule has 0 heterocycles. The highest BCUT2D eigenvalue weighted by molar-refractivity contribution is 5.78. The van der Waals surface area contributed by atoms with Crippen LogP contribution in [-0.4, -0.2) is 0 Å². The van der Waals surface area contributed by atoms with Gasteiger partial charge in [0.25, 0.3) is 0 Å². The van der Waals surface area contributed by atoms with E-state index in [0.717, 1.165) is 19.3 Å². The molecule has 0 aromatic heterocycles. The number of hydrogen-bond donors (Lipinski definition) is 0. The summed E-state index contributed by atoms with van der Waals surface area (Å²) < 4.78 is 0. The second-order valence-electron chi connectivity index (χ2n) is 6.74. The van der Waals surface area contributed by atoms with E-state index in [1.807, 2.05) is 12.2 Å². The predicted molar refractivity (Wildman–Crippen MR) is 117 cm³/mol. The molecule has 0 atom stereocenters. The van der Waals surface area contributed by atoms with Crippen molar-refractivity contribution in [2.75, 3.05) is 0 Å². The number of aryl methyl sites for hydroxylation is 1. The molecule has 0 saturated carbocycles. The topological polar surface area (TPSA) is 0 Å². The van der Waals surface area contributed by atoms with Crippen molar-refractivity contribution in [3.05, 3.63) is 100 Å². The van der Waals surface area contributed by atoms with Crippen molar-refractivity contribution in [3.8, 4) is 0 Å². The minimum atomic E-state index is 0.921. The minimum absolute atomic E-state index is 0.921. The van der Waals surface area contributed by atoms with E-state index in [1.54, 1.807) is 0 Å². The van der Waals surface area contributed by atoms with Crippen LogP contribution in [0.2, 0.25) is 0 Å². The van der Waals surface area contributed by atoms with E-state index in [2.05, 4.69) is 88.5 Å². The lowest BCUT2D eigenvalue weighted by Crippen LogP contribution is -2.23. The average Bonchev–Trinajstić information content (AvgIpc) is 2.63. The molecule has 0 spiro atoms. The molecular formula is C26H30. The monoisotopic (exact) mass is 342 g/mol. The van der Waals surface area contributed by atoms with E-state index in [0.29, 0.717) is 0 Å². The van der Waals surface area contributed by atoms with Crippen LogP contribution in [0.15, 0.2) is 73.3 Å². The van der Waals surface area contributed by atoms with Crippen LogP contribution in [0.3, 0.4) is 0 Å². The molecule has 0 radical (unpaired) electrons. The predicted octanol–water partition coefficient (Wildman–Crippen LogP) is 5.74. The molecule has 0 N–H and O–H groups in total. The molecule has 0 unspecified atom stereocenters. The minimum Gasteiger partial charge on any atom is -0.0990 e. The maximum Gasteiger partial charge on any atom is -0.00881 e. The van der Waals surface area contributed by atoms with E-state index in [-0.39, 0.29) is 0 Å². The highest BCUT2D eigenvalue weighted by Crippen LogP contribution is 2.26. The first-order chi connectivity index (χ1) is 12.6. The molecule has 0 saturated heterocycles. The third-order valence-electron chi connectivity index (χ3n) is 4.72. The van der Waals surface area contributed by atoms with Crippen LogP contribution in [0.1, 0.15) is 43.4 Å². The molecule has 0 bridgehead atoms. The fourth-order valence-corrected chi connectivity index (χ4v) is 3.38. The van der Waals surface area contributed by atoms with Gasteiger partial charge >= 0.3 is 0 Å². The van der Waals surface area contributed by atoms with Gasteiger partial charge in [0.05, 0.1) is 0 Å². The summed E-state index contributed by atoms with van der Waals surface area (Å²) >= 11 is 0. The van der Waals surface area contributed by atoms with Gasteiger partial charge in [-0.1, -0.05) is 98.8 Å². The fourth-order valence-electron chi connectivity index (χ4n) is 3.38. The lowest BCUT2D eigenvalue weighted by Gasteiger charge is -2.12. The zero-order valence-electron chi connectivity index (χ0n) is 16.4. The van der Waals surface area contributed by atoms with Gasteiger partial charge < -0.3 is 0 Å². The van der Waals surface area contributed by atoms with E-state index in [4.69, 9.17) is 0 Å². The van der Waals surface area contributed by atoms with Crippen LogP contribution in [0.25, 0.3) is 17.7 Å². The van der Waals surface area contributed by atoms with E-state index in [9.17, 15) is 0 Å². The van der Waals surface area contributed by atoms with Crippen molar-refractivity contribution in [2.24, 2.45) is 0 Å². The molecule has 2 rings (SSSR count). The molecule has 2 aromatic rings. The number of allylic oxidation sites excluding steroid dienone is 4. The van der Waals surface area contributed by atoms with Gasteiger partial charge in [-0.25, -0.2) is 0 Å².